The van der Waals surface area contributed by atoms with Crippen molar-refractivity contribution < 1.29 is 23.9 Å². The molecular weight excluding hydrogens is 368 g/mol. The van der Waals surface area contributed by atoms with Gasteiger partial charge in [0.15, 0.2) is 0 Å². The van der Waals surface area contributed by atoms with Crippen LogP contribution in [0.5, 0.6) is 5.75 Å². The van der Waals surface area contributed by atoms with Gasteiger partial charge in [0.2, 0.25) is 5.91 Å². The van der Waals surface area contributed by atoms with Crippen LogP contribution >= 0.6 is 11.8 Å². The van der Waals surface area contributed by atoms with Gasteiger partial charge in [0.25, 0.3) is 11.1 Å². The first-order valence-electron chi connectivity index (χ1n) is 8.93. The van der Waals surface area contributed by atoms with E-state index in [2.05, 4.69) is 0 Å². The molecule has 0 saturated carbocycles. The van der Waals surface area contributed by atoms with Gasteiger partial charge < -0.3 is 14.4 Å². The van der Waals surface area contributed by atoms with Crippen molar-refractivity contribution in [2.45, 2.75) is 13.3 Å². The Morgan fingerprint density at radius 2 is 2.00 bits per heavy atom. The van der Waals surface area contributed by atoms with Crippen LogP contribution in [0.3, 0.4) is 0 Å². The molecule has 1 aromatic rings. The highest BCUT2D eigenvalue weighted by Gasteiger charge is 2.37. The molecule has 2 aliphatic heterocycles. The minimum absolute atomic E-state index is 0.240. The molecule has 0 aromatic heterocycles. The fourth-order valence-corrected chi connectivity index (χ4v) is 3.60. The Morgan fingerprint density at radius 3 is 2.74 bits per heavy atom. The average Bonchev–Trinajstić information content (AvgIpc) is 2.95. The number of morpholine rings is 1. The number of benzene rings is 1. The molecule has 144 valence electrons. The molecule has 0 N–H and O–H groups in total. The molecule has 3 amide bonds. The normalized spacial score (nSPS) is 19.1. The van der Waals surface area contributed by atoms with E-state index in [-0.39, 0.29) is 12.5 Å². The van der Waals surface area contributed by atoms with Crippen molar-refractivity contribution >= 4 is 34.9 Å². The summed E-state index contributed by atoms with van der Waals surface area (Å²) in [6.45, 7) is 4.25. The zero-order chi connectivity index (χ0) is 19.2. The molecular formula is C19H22N2O5S. The van der Waals surface area contributed by atoms with E-state index in [1.54, 1.807) is 11.0 Å². The van der Waals surface area contributed by atoms with Crippen LogP contribution in [0.15, 0.2) is 29.2 Å². The number of ether oxygens (including phenoxy) is 2. The highest BCUT2D eigenvalue weighted by Crippen LogP contribution is 2.34. The molecule has 0 aliphatic carbocycles. The number of carbonyl (C=O) groups is 3. The zero-order valence-electron chi connectivity index (χ0n) is 15.2. The summed E-state index contributed by atoms with van der Waals surface area (Å²) < 4.78 is 10.9. The summed E-state index contributed by atoms with van der Waals surface area (Å²) in [5, 5.41) is -0.431. The summed E-state index contributed by atoms with van der Waals surface area (Å²) in [6, 6.07) is 7.36. The number of imide groups is 1. The molecule has 8 heteroatoms. The number of amides is 3. The van der Waals surface area contributed by atoms with Crippen molar-refractivity contribution in [3.63, 3.8) is 0 Å². The molecule has 2 saturated heterocycles. The Bertz CT molecular complexity index is 758. The zero-order valence-corrected chi connectivity index (χ0v) is 16.0. The summed E-state index contributed by atoms with van der Waals surface area (Å²) in [5.41, 5.74) is 0.732. The number of hydrogen-bond acceptors (Lipinski definition) is 6. The fraction of sp³-hybridized carbons (Fsp3) is 0.421. The van der Waals surface area contributed by atoms with Gasteiger partial charge in [0.1, 0.15) is 12.3 Å². The maximum Gasteiger partial charge on any atom is 0.294 e. The van der Waals surface area contributed by atoms with E-state index in [0.717, 1.165) is 28.6 Å². The van der Waals surface area contributed by atoms with Crippen molar-refractivity contribution in [1.82, 2.24) is 9.80 Å². The van der Waals surface area contributed by atoms with Crippen LogP contribution in [0.1, 0.15) is 18.9 Å². The monoisotopic (exact) mass is 390 g/mol. The minimum atomic E-state index is -0.447. The Labute approximate surface area is 162 Å². The van der Waals surface area contributed by atoms with Crippen LogP contribution in [0, 0.1) is 0 Å². The summed E-state index contributed by atoms with van der Waals surface area (Å²) >= 11 is 0.845. The van der Waals surface area contributed by atoms with E-state index in [4.69, 9.17) is 9.47 Å². The van der Waals surface area contributed by atoms with Gasteiger partial charge in [-0.25, -0.2) is 0 Å². The lowest BCUT2D eigenvalue weighted by Gasteiger charge is -2.28. The number of nitrogens with zero attached hydrogens (tertiary/aromatic N) is 2. The fourth-order valence-electron chi connectivity index (χ4n) is 2.77. The molecule has 2 aliphatic rings. The maximum absolute atomic E-state index is 12.6. The van der Waals surface area contributed by atoms with Gasteiger partial charge in [-0.3, -0.25) is 19.3 Å². The molecule has 0 radical (unpaired) electrons. The van der Waals surface area contributed by atoms with Gasteiger partial charge in [-0.2, -0.15) is 0 Å². The first-order chi connectivity index (χ1) is 13.1. The van der Waals surface area contributed by atoms with Crippen LogP contribution in [-0.2, 0) is 14.3 Å². The summed E-state index contributed by atoms with van der Waals surface area (Å²) in [7, 11) is 0. The minimum Gasteiger partial charge on any atom is -0.493 e. The van der Waals surface area contributed by atoms with E-state index in [1.807, 2.05) is 31.2 Å². The predicted octanol–water partition coefficient (Wildman–Crippen LogP) is 2.37. The lowest BCUT2D eigenvalue weighted by molar-refractivity contribution is -0.139. The summed E-state index contributed by atoms with van der Waals surface area (Å²) in [4.78, 5) is 40.2. The van der Waals surface area contributed by atoms with Gasteiger partial charge >= 0.3 is 0 Å². The third-order valence-corrected chi connectivity index (χ3v) is 5.11. The van der Waals surface area contributed by atoms with Crippen molar-refractivity contribution in [1.29, 1.82) is 0 Å². The first-order valence-corrected chi connectivity index (χ1v) is 9.74. The molecule has 7 nitrogen and oxygen atoms in total. The molecule has 2 fully saturated rings. The van der Waals surface area contributed by atoms with Crippen LogP contribution in [0.25, 0.3) is 6.08 Å². The van der Waals surface area contributed by atoms with E-state index in [1.165, 1.54) is 0 Å². The third-order valence-electron chi connectivity index (χ3n) is 4.20. The van der Waals surface area contributed by atoms with E-state index < -0.39 is 11.1 Å². The Hall–Kier alpha value is -2.32. The van der Waals surface area contributed by atoms with Crippen LogP contribution < -0.4 is 4.74 Å². The topological polar surface area (TPSA) is 76.2 Å². The molecule has 0 atom stereocenters. The highest BCUT2D eigenvalue weighted by atomic mass is 32.2. The van der Waals surface area contributed by atoms with E-state index in [0.29, 0.717) is 43.6 Å². The van der Waals surface area contributed by atoms with Gasteiger partial charge in [-0.1, -0.05) is 25.1 Å². The molecule has 2 heterocycles. The van der Waals surface area contributed by atoms with Gasteiger partial charge in [-0.05, 0) is 30.3 Å². The van der Waals surface area contributed by atoms with E-state index in [9.17, 15) is 14.4 Å². The molecule has 27 heavy (non-hydrogen) atoms. The Kier molecular flexibility index (Phi) is 6.52. The molecule has 1 aromatic carbocycles. The van der Waals surface area contributed by atoms with Gasteiger partial charge in [0.05, 0.1) is 24.7 Å². The van der Waals surface area contributed by atoms with Gasteiger partial charge in [0, 0.05) is 18.7 Å². The quantitative estimate of drug-likeness (QED) is 0.694. The smallest absolute Gasteiger partial charge is 0.294 e. The second-order valence-electron chi connectivity index (χ2n) is 6.15. The largest absolute Gasteiger partial charge is 0.493 e. The van der Waals surface area contributed by atoms with Crippen molar-refractivity contribution in [2.75, 3.05) is 39.5 Å². The number of thioether (sulfide) groups is 1. The van der Waals surface area contributed by atoms with Crippen molar-refractivity contribution in [3.05, 3.63) is 34.7 Å². The standard InChI is InChI=1S/C19H22N2O5S/c1-2-9-26-15-6-4-3-5-14(15)12-16-18(23)21(19(24)27-16)13-17(22)20-7-10-25-11-8-20/h3-6,12H,2,7-11,13H2,1H3/b16-12+. The number of carbonyl (C=O) groups excluding carboxylic acids is 3. The van der Waals surface area contributed by atoms with Crippen LogP contribution in [0.2, 0.25) is 0 Å². The average molecular weight is 390 g/mol. The van der Waals surface area contributed by atoms with Crippen molar-refractivity contribution in [2.24, 2.45) is 0 Å². The van der Waals surface area contributed by atoms with E-state index >= 15 is 0 Å². The molecule has 0 unspecified atom stereocenters. The summed E-state index contributed by atoms with van der Waals surface area (Å²) in [5.74, 6) is -0.0269. The predicted molar refractivity (Wildman–Crippen MR) is 102 cm³/mol. The number of rotatable bonds is 6. The SMILES string of the molecule is CCCOc1ccccc1/C=C1/SC(=O)N(CC(=O)N2CCOCC2)C1=O. The summed E-state index contributed by atoms with van der Waals surface area (Å²) in [6.07, 6.45) is 2.52. The second kappa shape index (κ2) is 9.05. The first kappa shape index (κ1) is 19.4. The highest BCUT2D eigenvalue weighted by molar-refractivity contribution is 8.18. The van der Waals surface area contributed by atoms with Gasteiger partial charge in [-0.15, -0.1) is 0 Å². The molecule has 0 bridgehead atoms. The van der Waals surface area contributed by atoms with Crippen molar-refractivity contribution in [3.8, 4) is 5.75 Å². The lowest BCUT2D eigenvalue weighted by Crippen LogP contribution is -2.46. The Balaban J connectivity index is 1.72. The number of para-hydroxylation sites is 1. The third kappa shape index (κ3) is 4.70. The molecule has 0 spiro atoms. The van der Waals surface area contributed by atoms with Crippen LogP contribution in [0.4, 0.5) is 4.79 Å². The number of hydrogen-bond donors (Lipinski definition) is 0. The lowest BCUT2D eigenvalue weighted by atomic mass is 10.2. The van der Waals surface area contributed by atoms with Crippen LogP contribution in [-0.4, -0.2) is 66.3 Å². The Morgan fingerprint density at radius 1 is 1.26 bits per heavy atom. The second-order valence-corrected chi connectivity index (χ2v) is 7.14. The maximum atomic E-state index is 12.6. The molecule has 3 rings (SSSR count).